The first kappa shape index (κ1) is 23.3. The first-order valence-electron chi connectivity index (χ1n) is 10.3. The molecule has 0 aromatic carbocycles. The number of halogens is 1. The van der Waals surface area contributed by atoms with Crippen LogP contribution in [0.4, 0.5) is 4.79 Å². The highest BCUT2D eigenvalue weighted by Crippen LogP contribution is 2.22. The zero-order valence-electron chi connectivity index (χ0n) is 18.1. The molecule has 1 saturated heterocycles. The summed E-state index contributed by atoms with van der Waals surface area (Å²) in [4.78, 5) is 26.2. The maximum atomic E-state index is 12.5. The lowest BCUT2D eigenvalue weighted by molar-refractivity contribution is -0.127. The molecule has 1 fully saturated rings. The monoisotopic (exact) mass is 424 g/mol. The molecule has 1 aliphatic rings. The number of carbonyl (C=O) groups excluding carboxylic acids is 2. The lowest BCUT2D eigenvalue weighted by Gasteiger charge is -2.32. The van der Waals surface area contributed by atoms with Gasteiger partial charge in [-0.25, -0.2) is 4.79 Å². The number of nitrogens with zero attached hydrogens (tertiary/aromatic N) is 3. The molecule has 0 radical (unpaired) electrons. The van der Waals surface area contributed by atoms with Gasteiger partial charge in [0.1, 0.15) is 10.8 Å². The van der Waals surface area contributed by atoms with Crippen LogP contribution in [0.25, 0.3) is 6.08 Å². The van der Waals surface area contributed by atoms with Crippen molar-refractivity contribution in [2.75, 3.05) is 13.1 Å². The van der Waals surface area contributed by atoms with Gasteiger partial charge in [0.2, 0.25) is 5.91 Å². The Balaban J connectivity index is 1.87. The molecule has 162 valence electrons. The first-order valence-corrected chi connectivity index (χ1v) is 10.7. The van der Waals surface area contributed by atoms with Crippen molar-refractivity contribution in [1.29, 1.82) is 0 Å². The summed E-state index contributed by atoms with van der Waals surface area (Å²) >= 11 is 6.42. The van der Waals surface area contributed by atoms with Crippen molar-refractivity contribution >= 4 is 29.7 Å². The fourth-order valence-electron chi connectivity index (χ4n) is 3.19. The maximum absolute atomic E-state index is 12.5. The number of rotatable bonds is 6. The van der Waals surface area contributed by atoms with E-state index in [0.29, 0.717) is 31.1 Å². The Kier molecular flexibility index (Phi) is 8.14. The van der Waals surface area contributed by atoms with Crippen LogP contribution in [0, 0.1) is 6.92 Å². The molecule has 29 heavy (non-hydrogen) atoms. The van der Waals surface area contributed by atoms with Crippen LogP contribution in [0.3, 0.4) is 0 Å². The van der Waals surface area contributed by atoms with Crippen molar-refractivity contribution in [3.8, 4) is 0 Å². The minimum absolute atomic E-state index is 0.0198. The normalized spacial score (nSPS) is 15.7. The third-order valence-electron chi connectivity index (χ3n) is 4.75. The lowest BCUT2D eigenvalue weighted by Crippen LogP contribution is -2.47. The highest BCUT2D eigenvalue weighted by molar-refractivity contribution is 6.31. The van der Waals surface area contributed by atoms with Gasteiger partial charge in [0.25, 0.3) is 0 Å². The molecule has 1 aromatic rings. The summed E-state index contributed by atoms with van der Waals surface area (Å²) in [7, 11) is 0. The smallest absolute Gasteiger partial charge is 0.407 e. The molecule has 1 N–H and O–H groups in total. The van der Waals surface area contributed by atoms with E-state index in [0.717, 1.165) is 30.6 Å². The Hall–Kier alpha value is -2.02. The fourth-order valence-corrected chi connectivity index (χ4v) is 3.51. The number of nitrogens with one attached hydrogen (secondary N) is 1. The number of alkyl carbamates (subject to hydrolysis) is 1. The van der Waals surface area contributed by atoms with Gasteiger partial charge >= 0.3 is 6.09 Å². The molecule has 1 aromatic heterocycles. The van der Waals surface area contributed by atoms with Gasteiger partial charge in [0.05, 0.1) is 5.69 Å². The van der Waals surface area contributed by atoms with Crippen molar-refractivity contribution in [3.63, 3.8) is 0 Å². The molecule has 0 aliphatic carbocycles. The standard InChI is InChI=1S/C21H33ClN4O3/c1-6-7-12-26-19(22)17(15(2)24-26)8-9-18(27)25-13-10-16(11-14-25)23-20(28)29-21(3,4)5/h8-9,16H,6-7,10-14H2,1-5H3,(H,23,28)/b9-8+. The van der Waals surface area contributed by atoms with Crippen LogP contribution in [0.15, 0.2) is 6.08 Å². The Labute approximate surface area is 178 Å². The van der Waals surface area contributed by atoms with Crippen molar-refractivity contribution in [2.45, 2.75) is 78.5 Å². The molecule has 0 atom stereocenters. The number of amides is 2. The van der Waals surface area contributed by atoms with E-state index in [9.17, 15) is 9.59 Å². The van der Waals surface area contributed by atoms with Crippen LogP contribution in [0.1, 0.15) is 64.6 Å². The van der Waals surface area contributed by atoms with Crippen LogP contribution in [-0.4, -0.2) is 51.4 Å². The van der Waals surface area contributed by atoms with Crippen LogP contribution in [-0.2, 0) is 16.1 Å². The minimum Gasteiger partial charge on any atom is -0.444 e. The number of ether oxygens (including phenoxy) is 1. The topological polar surface area (TPSA) is 76.5 Å². The third kappa shape index (κ3) is 7.07. The second kappa shape index (κ2) is 10.1. The number of unbranched alkanes of at least 4 members (excludes halogenated alkanes) is 1. The Morgan fingerprint density at radius 2 is 1.97 bits per heavy atom. The van der Waals surface area contributed by atoms with Crippen molar-refractivity contribution < 1.29 is 14.3 Å². The molecular formula is C21H33ClN4O3. The average Bonchev–Trinajstić information content (AvgIpc) is 2.90. The van der Waals surface area contributed by atoms with Gasteiger partial charge in [-0.1, -0.05) is 24.9 Å². The van der Waals surface area contributed by atoms with Gasteiger partial charge < -0.3 is 15.0 Å². The molecule has 0 spiro atoms. The van der Waals surface area contributed by atoms with Gasteiger partial charge in [-0.15, -0.1) is 0 Å². The van der Waals surface area contributed by atoms with E-state index in [1.807, 2.05) is 27.7 Å². The maximum Gasteiger partial charge on any atom is 0.407 e. The number of piperidine rings is 1. The number of hydrogen-bond donors (Lipinski definition) is 1. The van der Waals surface area contributed by atoms with Crippen molar-refractivity contribution in [1.82, 2.24) is 20.0 Å². The summed E-state index contributed by atoms with van der Waals surface area (Å²) in [5.74, 6) is -0.0579. The second-order valence-corrected chi connectivity index (χ2v) is 8.80. The number of hydrogen-bond acceptors (Lipinski definition) is 4. The van der Waals surface area contributed by atoms with E-state index in [-0.39, 0.29) is 11.9 Å². The molecule has 2 rings (SSSR count). The molecular weight excluding hydrogens is 392 g/mol. The Morgan fingerprint density at radius 3 is 2.55 bits per heavy atom. The van der Waals surface area contributed by atoms with E-state index in [4.69, 9.17) is 16.3 Å². The lowest BCUT2D eigenvalue weighted by atomic mass is 10.1. The van der Waals surface area contributed by atoms with Gasteiger partial charge in [-0.2, -0.15) is 5.10 Å². The molecule has 1 aliphatic heterocycles. The number of aromatic nitrogens is 2. The SMILES string of the molecule is CCCCn1nc(C)c(/C=C/C(=O)N2CCC(NC(=O)OC(C)(C)C)CC2)c1Cl. The predicted molar refractivity (Wildman–Crippen MR) is 115 cm³/mol. The molecule has 0 bridgehead atoms. The summed E-state index contributed by atoms with van der Waals surface area (Å²) in [5, 5.41) is 7.91. The van der Waals surface area contributed by atoms with E-state index in [1.165, 1.54) is 0 Å². The predicted octanol–water partition coefficient (Wildman–Crippen LogP) is 4.17. The highest BCUT2D eigenvalue weighted by atomic mass is 35.5. The third-order valence-corrected chi connectivity index (χ3v) is 5.15. The van der Waals surface area contributed by atoms with E-state index >= 15 is 0 Å². The van der Waals surface area contributed by atoms with Crippen LogP contribution in [0.2, 0.25) is 5.15 Å². The van der Waals surface area contributed by atoms with Crippen LogP contribution in [0.5, 0.6) is 0 Å². The molecule has 0 saturated carbocycles. The van der Waals surface area contributed by atoms with E-state index in [1.54, 1.807) is 21.7 Å². The Bertz CT molecular complexity index is 744. The summed E-state index contributed by atoms with van der Waals surface area (Å²) in [5.41, 5.74) is 1.09. The van der Waals surface area contributed by atoms with Crippen molar-refractivity contribution in [2.24, 2.45) is 0 Å². The van der Waals surface area contributed by atoms with Gasteiger partial charge in [-0.3, -0.25) is 9.48 Å². The quantitative estimate of drug-likeness (QED) is 0.695. The first-order chi connectivity index (χ1) is 13.6. The Morgan fingerprint density at radius 1 is 1.31 bits per heavy atom. The average molecular weight is 425 g/mol. The zero-order valence-corrected chi connectivity index (χ0v) is 18.9. The van der Waals surface area contributed by atoms with E-state index in [2.05, 4.69) is 17.3 Å². The molecule has 7 nitrogen and oxygen atoms in total. The highest BCUT2D eigenvalue weighted by Gasteiger charge is 2.25. The molecule has 8 heteroatoms. The summed E-state index contributed by atoms with van der Waals surface area (Å²) in [6, 6.07) is 0.0198. The largest absolute Gasteiger partial charge is 0.444 e. The fraction of sp³-hybridized carbons (Fsp3) is 0.667. The van der Waals surface area contributed by atoms with Crippen LogP contribution < -0.4 is 5.32 Å². The summed E-state index contributed by atoms with van der Waals surface area (Å²) < 4.78 is 7.08. The molecule has 2 amide bonds. The van der Waals surface area contributed by atoms with Crippen LogP contribution >= 0.6 is 11.6 Å². The zero-order chi connectivity index (χ0) is 21.6. The van der Waals surface area contributed by atoms with Gasteiger partial charge in [0, 0.05) is 37.3 Å². The van der Waals surface area contributed by atoms with Gasteiger partial charge in [-0.05, 0) is 53.0 Å². The second-order valence-electron chi connectivity index (χ2n) is 8.45. The molecule has 2 heterocycles. The van der Waals surface area contributed by atoms with Gasteiger partial charge in [0.15, 0.2) is 0 Å². The summed E-state index contributed by atoms with van der Waals surface area (Å²) in [6.45, 7) is 11.5. The number of aryl methyl sites for hydroxylation is 2. The van der Waals surface area contributed by atoms with E-state index < -0.39 is 11.7 Å². The summed E-state index contributed by atoms with van der Waals surface area (Å²) in [6.07, 6.45) is 6.38. The van der Waals surface area contributed by atoms with Crippen molar-refractivity contribution in [3.05, 3.63) is 22.5 Å². The number of likely N-dealkylation sites (tertiary alicyclic amines) is 1. The minimum atomic E-state index is -0.519. The molecule has 0 unspecified atom stereocenters. The number of carbonyl (C=O) groups is 2.